The van der Waals surface area contributed by atoms with Crippen molar-refractivity contribution in [2.24, 2.45) is 0 Å². The minimum atomic E-state index is -0.772. The molecule has 2 aromatic carbocycles. The van der Waals surface area contributed by atoms with Crippen LogP contribution in [0.25, 0.3) is 11.0 Å². The molecule has 33 heavy (non-hydrogen) atoms. The third-order valence-electron chi connectivity index (χ3n) is 5.06. The van der Waals surface area contributed by atoms with Crippen molar-refractivity contribution in [3.05, 3.63) is 64.4 Å². The van der Waals surface area contributed by atoms with E-state index in [0.29, 0.717) is 17.8 Å². The van der Waals surface area contributed by atoms with E-state index in [9.17, 15) is 14.4 Å². The third kappa shape index (κ3) is 5.98. The molecule has 0 aliphatic carbocycles. The first-order valence-corrected chi connectivity index (χ1v) is 10.7. The van der Waals surface area contributed by atoms with Crippen molar-refractivity contribution in [1.82, 2.24) is 5.32 Å². The van der Waals surface area contributed by atoms with Crippen molar-refractivity contribution >= 4 is 34.4 Å². The van der Waals surface area contributed by atoms with Crippen molar-refractivity contribution in [2.75, 3.05) is 25.1 Å². The molecular weight excluding hydrogens is 424 g/mol. The van der Waals surface area contributed by atoms with Crippen LogP contribution in [0.1, 0.15) is 39.7 Å². The average molecular weight is 453 g/mol. The first-order chi connectivity index (χ1) is 15.8. The summed E-state index contributed by atoms with van der Waals surface area (Å²) in [5.74, 6) is -1.74. The van der Waals surface area contributed by atoms with Crippen LogP contribution in [-0.4, -0.2) is 37.5 Å². The zero-order chi connectivity index (χ0) is 24.0. The van der Waals surface area contributed by atoms with E-state index in [1.807, 2.05) is 52.0 Å². The van der Waals surface area contributed by atoms with E-state index >= 15 is 0 Å². The second-order valence-corrected chi connectivity index (χ2v) is 7.72. The van der Waals surface area contributed by atoms with E-state index in [0.717, 1.165) is 27.8 Å². The number of esters is 1. The van der Waals surface area contributed by atoms with Crippen LogP contribution in [0, 0.1) is 20.8 Å². The number of hydrogen-bond acceptors (Lipinski definition) is 6. The number of hydrogen-bond donors (Lipinski definition) is 2. The molecule has 0 radical (unpaired) electrons. The molecule has 0 aliphatic rings. The Morgan fingerprint density at radius 3 is 2.39 bits per heavy atom. The number of amides is 2. The summed E-state index contributed by atoms with van der Waals surface area (Å²) in [7, 11) is 0. The number of aryl methyl sites for hydroxylation is 3. The van der Waals surface area contributed by atoms with Gasteiger partial charge in [0.25, 0.3) is 5.91 Å². The van der Waals surface area contributed by atoms with Crippen molar-refractivity contribution in [3.8, 4) is 0 Å². The fourth-order valence-corrected chi connectivity index (χ4v) is 3.60. The first-order valence-electron chi connectivity index (χ1n) is 10.7. The Morgan fingerprint density at radius 2 is 1.70 bits per heavy atom. The van der Waals surface area contributed by atoms with E-state index in [1.165, 1.54) is 0 Å². The first kappa shape index (κ1) is 24.0. The maximum atomic E-state index is 12.6. The number of anilines is 1. The standard InChI is InChI=1S/C25H28N2O6/c1-5-31-13-19-18-8-6-7-9-20(18)33-24(19)25(30)32-14-22(29)26-12-21(28)27-23-16(3)10-15(2)11-17(23)4/h6-11H,5,12-14H2,1-4H3,(H,26,29)(H,27,28). The van der Waals surface area contributed by atoms with Crippen LogP contribution in [0.15, 0.2) is 40.8 Å². The molecule has 3 aromatic rings. The van der Waals surface area contributed by atoms with Gasteiger partial charge in [-0.25, -0.2) is 4.79 Å². The van der Waals surface area contributed by atoms with Gasteiger partial charge in [0.05, 0.1) is 13.2 Å². The number of para-hydroxylation sites is 1. The van der Waals surface area contributed by atoms with E-state index < -0.39 is 18.5 Å². The Kier molecular flexibility index (Phi) is 7.84. The zero-order valence-corrected chi connectivity index (χ0v) is 19.2. The van der Waals surface area contributed by atoms with Crippen molar-refractivity contribution in [1.29, 1.82) is 0 Å². The molecule has 8 nitrogen and oxygen atoms in total. The second-order valence-electron chi connectivity index (χ2n) is 7.72. The smallest absolute Gasteiger partial charge is 0.375 e. The van der Waals surface area contributed by atoms with Gasteiger partial charge in [-0.2, -0.15) is 0 Å². The minimum Gasteiger partial charge on any atom is -0.450 e. The molecule has 3 rings (SSSR count). The quantitative estimate of drug-likeness (QED) is 0.478. The van der Waals surface area contributed by atoms with Crippen molar-refractivity contribution in [2.45, 2.75) is 34.3 Å². The molecule has 0 bridgehead atoms. The lowest BCUT2D eigenvalue weighted by atomic mass is 10.1. The van der Waals surface area contributed by atoms with Gasteiger partial charge in [-0.15, -0.1) is 0 Å². The highest BCUT2D eigenvalue weighted by Crippen LogP contribution is 2.27. The third-order valence-corrected chi connectivity index (χ3v) is 5.06. The predicted molar refractivity (Wildman–Crippen MR) is 124 cm³/mol. The van der Waals surface area contributed by atoms with E-state index in [-0.39, 0.29) is 24.8 Å². The number of carbonyl (C=O) groups is 3. The highest BCUT2D eigenvalue weighted by Gasteiger charge is 2.22. The van der Waals surface area contributed by atoms with Crippen LogP contribution in [-0.2, 0) is 25.7 Å². The Balaban J connectivity index is 1.55. The maximum Gasteiger partial charge on any atom is 0.375 e. The van der Waals surface area contributed by atoms with Gasteiger partial charge in [-0.3, -0.25) is 9.59 Å². The minimum absolute atomic E-state index is 0.000476. The maximum absolute atomic E-state index is 12.6. The van der Waals surface area contributed by atoms with E-state index in [4.69, 9.17) is 13.9 Å². The Bertz CT molecular complexity index is 1160. The summed E-state index contributed by atoms with van der Waals surface area (Å²) in [6.07, 6.45) is 0. The van der Waals surface area contributed by atoms with Crippen LogP contribution >= 0.6 is 0 Å². The molecule has 1 aromatic heterocycles. The average Bonchev–Trinajstić information content (AvgIpc) is 3.15. The Labute approximate surface area is 192 Å². The fourth-order valence-electron chi connectivity index (χ4n) is 3.60. The molecule has 0 spiro atoms. The fraction of sp³-hybridized carbons (Fsp3) is 0.320. The molecule has 0 fully saturated rings. The summed E-state index contributed by atoms with van der Waals surface area (Å²) >= 11 is 0. The number of benzene rings is 2. The largest absolute Gasteiger partial charge is 0.450 e. The molecule has 0 saturated carbocycles. The lowest BCUT2D eigenvalue weighted by Gasteiger charge is -2.13. The predicted octanol–water partition coefficient (Wildman–Crippen LogP) is 3.81. The number of carbonyl (C=O) groups excluding carboxylic acids is 3. The highest BCUT2D eigenvalue weighted by atomic mass is 16.5. The summed E-state index contributed by atoms with van der Waals surface area (Å²) < 4.78 is 16.2. The molecule has 8 heteroatoms. The summed E-state index contributed by atoms with van der Waals surface area (Å²) in [4.78, 5) is 36.9. The van der Waals surface area contributed by atoms with Crippen LogP contribution < -0.4 is 10.6 Å². The molecule has 0 aliphatic heterocycles. The molecule has 2 N–H and O–H groups in total. The summed E-state index contributed by atoms with van der Waals surface area (Å²) in [6, 6.07) is 11.1. The van der Waals surface area contributed by atoms with Gasteiger partial charge in [0.2, 0.25) is 11.7 Å². The number of furan rings is 1. The van der Waals surface area contributed by atoms with Crippen molar-refractivity contribution < 1.29 is 28.3 Å². The van der Waals surface area contributed by atoms with Gasteiger partial charge in [-0.1, -0.05) is 35.9 Å². The summed E-state index contributed by atoms with van der Waals surface area (Å²) in [6.45, 7) is 7.52. The molecular formula is C25H28N2O6. The van der Waals surface area contributed by atoms with Gasteiger partial charge in [0, 0.05) is 23.2 Å². The SMILES string of the molecule is CCOCc1c(C(=O)OCC(=O)NCC(=O)Nc2c(C)cc(C)cc2C)oc2ccccc12. The van der Waals surface area contributed by atoms with Gasteiger partial charge < -0.3 is 24.5 Å². The van der Waals surface area contributed by atoms with Crippen LogP contribution in [0.5, 0.6) is 0 Å². The number of nitrogens with one attached hydrogen (secondary N) is 2. The monoisotopic (exact) mass is 452 g/mol. The molecule has 0 atom stereocenters. The van der Waals surface area contributed by atoms with Gasteiger partial charge in [-0.05, 0) is 44.9 Å². The Hall–Kier alpha value is -3.65. The molecule has 2 amide bonds. The summed E-state index contributed by atoms with van der Waals surface area (Å²) in [5, 5.41) is 6.01. The van der Waals surface area contributed by atoms with Crippen molar-refractivity contribution in [3.63, 3.8) is 0 Å². The lowest BCUT2D eigenvalue weighted by Crippen LogP contribution is -2.35. The van der Waals surface area contributed by atoms with E-state index in [1.54, 1.807) is 12.1 Å². The molecule has 0 saturated heterocycles. The van der Waals surface area contributed by atoms with Crippen LogP contribution in [0.3, 0.4) is 0 Å². The van der Waals surface area contributed by atoms with E-state index in [2.05, 4.69) is 10.6 Å². The number of ether oxygens (including phenoxy) is 2. The van der Waals surface area contributed by atoms with Crippen LogP contribution in [0.4, 0.5) is 5.69 Å². The van der Waals surface area contributed by atoms with Gasteiger partial charge in [0.15, 0.2) is 6.61 Å². The number of rotatable bonds is 9. The zero-order valence-electron chi connectivity index (χ0n) is 19.2. The lowest BCUT2D eigenvalue weighted by molar-refractivity contribution is -0.126. The van der Waals surface area contributed by atoms with Crippen LogP contribution in [0.2, 0.25) is 0 Å². The topological polar surface area (TPSA) is 107 Å². The van der Waals surface area contributed by atoms with Gasteiger partial charge >= 0.3 is 5.97 Å². The van der Waals surface area contributed by atoms with Gasteiger partial charge in [0.1, 0.15) is 5.58 Å². The molecule has 0 unspecified atom stereocenters. The molecule has 174 valence electrons. The second kappa shape index (κ2) is 10.8. The highest BCUT2D eigenvalue weighted by molar-refractivity contribution is 5.98. The molecule has 1 heterocycles. The number of fused-ring (bicyclic) bond motifs is 1. The Morgan fingerprint density at radius 1 is 1.00 bits per heavy atom. The summed E-state index contributed by atoms with van der Waals surface area (Å²) in [5.41, 5.74) is 4.80. The normalized spacial score (nSPS) is 10.8.